The van der Waals surface area contributed by atoms with Gasteiger partial charge in [-0.2, -0.15) is 0 Å². The Kier molecular flexibility index (Phi) is 5.56. The van der Waals surface area contributed by atoms with Crippen molar-refractivity contribution >= 4 is 54.9 Å². The molecule has 0 atom stereocenters. The van der Waals surface area contributed by atoms with Crippen LogP contribution < -0.4 is 16.1 Å². The van der Waals surface area contributed by atoms with Gasteiger partial charge in [0.2, 0.25) is 16.6 Å². The van der Waals surface area contributed by atoms with Crippen molar-refractivity contribution in [1.29, 1.82) is 0 Å². The zero-order valence-corrected chi connectivity index (χ0v) is 24.0. The van der Waals surface area contributed by atoms with Gasteiger partial charge in [0, 0.05) is 10.0 Å². The Balaban J connectivity index is 2.15. The van der Waals surface area contributed by atoms with Crippen molar-refractivity contribution in [2.45, 2.75) is 72.1 Å². The second kappa shape index (κ2) is 7.52. The molecule has 169 valence electrons. The van der Waals surface area contributed by atoms with Crippen LogP contribution in [0.2, 0.25) is 26.2 Å². The van der Waals surface area contributed by atoms with E-state index in [1.165, 1.54) is 22.3 Å². The van der Waals surface area contributed by atoms with E-state index < -0.39 is 22.5 Å². The third-order valence-corrected chi connectivity index (χ3v) is 15.9. The fraction of sp³-hybridized carbons (Fsp3) is 0.423. The van der Waals surface area contributed by atoms with Gasteiger partial charge in [-0.15, -0.1) is 0 Å². The zero-order valence-electron chi connectivity index (χ0n) is 20.4. The molecule has 0 saturated carbocycles. The molecular formula is C26H33BrNO2Si2. The van der Waals surface area contributed by atoms with Crippen molar-refractivity contribution in [2.75, 3.05) is 0 Å². The third kappa shape index (κ3) is 3.69. The first-order chi connectivity index (χ1) is 14.7. The van der Waals surface area contributed by atoms with E-state index in [1.807, 2.05) is 6.07 Å². The van der Waals surface area contributed by atoms with Gasteiger partial charge in [-0.1, -0.05) is 67.4 Å². The highest BCUT2D eigenvalue weighted by Crippen LogP contribution is 2.42. The summed E-state index contributed by atoms with van der Waals surface area (Å²) in [5.41, 5.74) is 15.9. The van der Waals surface area contributed by atoms with Gasteiger partial charge in [0.25, 0.3) is 5.91 Å². The van der Waals surface area contributed by atoms with Crippen molar-refractivity contribution in [2.24, 2.45) is 0 Å². The lowest BCUT2D eigenvalue weighted by atomic mass is 9.82. The standard InChI is InChI=1S/C26H33BrNO2Si2/c1-9-15-10-16-12-17(26(2,3)4)13-19(18(16)11-15)22-20(25(28)29)14-21-23(27)24(22)32(7,8)30-31(21,5)6/h10,12-14,28H,9,11H2,1-8H3. The molecule has 1 heterocycles. The molecule has 0 unspecified atom stereocenters. The predicted molar refractivity (Wildman–Crippen MR) is 143 cm³/mol. The van der Waals surface area contributed by atoms with Crippen LogP contribution in [0.25, 0.3) is 17.2 Å². The fourth-order valence-corrected chi connectivity index (χ4v) is 17.2. The molecule has 2 aromatic rings. The highest BCUT2D eigenvalue weighted by molar-refractivity contribution is 9.10. The van der Waals surface area contributed by atoms with Crippen molar-refractivity contribution < 1.29 is 8.91 Å². The number of carbonyl (C=O) groups excluding carboxylic acids is 1. The molecule has 3 nitrogen and oxygen atoms in total. The predicted octanol–water partition coefficient (Wildman–Crippen LogP) is 6.04. The molecule has 0 fully saturated rings. The SMILES string of the molecule is CCC1=Cc2cc(C(C)(C)C)cc(-c3c(C([NH])=O)cc4c(Br)c3[Si](C)(C)O[Si]4(C)C)c2C1. The van der Waals surface area contributed by atoms with Gasteiger partial charge in [0.1, 0.15) is 0 Å². The highest BCUT2D eigenvalue weighted by Gasteiger charge is 2.47. The summed E-state index contributed by atoms with van der Waals surface area (Å²) in [6, 6.07) is 6.54. The molecule has 2 aliphatic rings. The van der Waals surface area contributed by atoms with E-state index in [9.17, 15) is 4.79 Å². The first-order valence-electron chi connectivity index (χ1n) is 11.4. The van der Waals surface area contributed by atoms with E-state index >= 15 is 0 Å². The summed E-state index contributed by atoms with van der Waals surface area (Å²) in [4.78, 5) is 12.7. The second-order valence-corrected chi connectivity index (χ2v) is 19.9. The number of hydrogen-bond donors (Lipinski definition) is 0. The number of rotatable bonds is 3. The number of hydrogen-bond acceptors (Lipinski definition) is 2. The number of allylic oxidation sites excluding steroid dienone is 1. The van der Waals surface area contributed by atoms with Crippen LogP contribution in [0.5, 0.6) is 0 Å². The summed E-state index contributed by atoms with van der Waals surface area (Å²) < 4.78 is 7.94. The largest absolute Gasteiger partial charge is 0.449 e. The summed E-state index contributed by atoms with van der Waals surface area (Å²) in [5.74, 6) is -0.608. The number of nitrogens with one attached hydrogen (secondary N) is 1. The van der Waals surface area contributed by atoms with Crippen molar-refractivity contribution in [3.05, 3.63) is 50.5 Å². The normalized spacial score (nSPS) is 18.3. The lowest BCUT2D eigenvalue weighted by molar-refractivity contribution is 0.0993. The van der Waals surface area contributed by atoms with Crippen molar-refractivity contribution in [3.8, 4) is 11.1 Å². The van der Waals surface area contributed by atoms with E-state index in [4.69, 9.17) is 9.85 Å². The lowest BCUT2D eigenvalue weighted by Gasteiger charge is -2.43. The van der Waals surface area contributed by atoms with Crippen LogP contribution in [0, 0.1) is 0 Å². The maximum Gasteiger partial charge on any atom is 0.270 e. The van der Waals surface area contributed by atoms with Crippen molar-refractivity contribution in [3.63, 3.8) is 0 Å². The van der Waals surface area contributed by atoms with Crippen LogP contribution in [-0.2, 0) is 16.0 Å². The average molecular weight is 528 g/mol. The highest BCUT2D eigenvalue weighted by atomic mass is 79.9. The number of carbonyl (C=O) groups is 1. The van der Waals surface area contributed by atoms with E-state index in [0.29, 0.717) is 5.56 Å². The summed E-state index contributed by atoms with van der Waals surface area (Å²) in [6.07, 6.45) is 4.24. The summed E-state index contributed by atoms with van der Waals surface area (Å²) in [7, 11) is -4.49. The first-order valence-corrected chi connectivity index (χ1v) is 18.0. The topological polar surface area (TPSA) is 50.1 Å². The summed E-state index contributed by atoms with van der Waals surface area (Å²) >= 11 is 3.94. The second-order valence-electron chi connectivity index (χ2n) is 11.2. The maximum atomic E-state index is 12.7. The Morgan fingerprint density at radius 1 is 1.12 bits per heavy atom. The zero-order chi connectivity index (χ0) is 23.8. The van der Waals surface area contributed by atoms with E-state index in [2.05, 4.69) is 88.0 Å². The molecule has 2 aromatic carbocycles. The molecule has 1 aliphatic carbocycles. The maximum absolute atomic E-state index is 12.7. The Morgan fingerprint density at radius 3 is 2.34 bits per heavy atom. The minimum absolute atomic E-state index is 0.0233. The molecule has 6 heteroatoms. The molecule has 1 radical (unpaired) electrons. The summed E-state index contributed by atoms with van der Waals surface area (Å²) in [5, 5.41) is 2.23. The smallest absolute Gasteiger partial charge is 0.270 e. The van der Waals surface area contributed by atoms with Crippen molar-refractivity contribution in [1.82, 2.24) is 5.73 Å². The van der Waals surface area contributed by atoms with Gasteiger partial charge in [0.05, 0.1) is 0 Å². The number of benzene rings is 2. The van der Waals surface area contributed by atoms with Crippen LogP contribution in [0.3, 0.4) is 0 Å². The molecule has 1 N–H and O–H groups in total. The number of amides is 1. The third-order valence-electron chi connectivity index (χ3n) is 6.91. The van der Waals surface area contributed by atoms with E-state index in [0.717, 1.165) is 38.8 Å². The molecule has 0 saturated heterocycles. The van der Waals surface area contributed by atoms with E-state index in [-0.39, 0.29) is 5.41 Å². The van der Waals surface area contributed by atoms with Crippen LogP contribution in [-0.4, -0.2) is 22.5 Å². The first kappa shape index (κ1) is 23.7. The van der Waals surface area contributed by atoms with Gasteiger partial charge in [-0.25, -0.2) is 0 Å². The molecule has 0 spiro atoms. The monoisotopic (exact) mass is 526 g/mol. The summed E-state index contributed by atoms with van der Waals surface area (Å²) in [6.45, 7) is 17.7. The molecule has 1 amide bonds. The Morgan fingerprint density at radius 2 is 1.78 bits per heavy atom. The van der Waals surface area contributed by atoms with Gasteiger partial charge >= 0.3 is 0 Å². The Bertz CT molecular complexity index is 1190. The van der Waals surface area contributed by atoms with Crippen LogP contribution in [0.1, 0.15) is 61.2 Å². The quantitative estimate of drug-likeness (QED) is 0.457. The van der Waals surface area contributed by atoms with Gasteiger partial charge in [-0.05, 0) is 88.7 Å². The van der Waals surface area contributed by atoms with Crippen LogP contribution in [0.15, 0.2) is 28.2 Å². The Labute approximate surface area is 202 Å². The molecule has 4 rings (SSSR count). The van der Waals surface area contributed by atoms with E-state index in [1.54, 1.807) is 0 Å². The van der Waals surface area contributed by atoms with Gasteiger partial charge in [0.15, 0.2) is 0 Å². The van der Waals surface area contributed by atoms with Gasteiger partial charge in [-0.3, -0.25) is 10.5 Å². The van der Waals surface area contributed by atoms with Crippen LogP contribution in [0.4, 0.5) is 0 Å². The average Bonchev–Trinajstić information content (AvgIpc) is 3.06. The number of fused-ring (bicyclic) bond motifs is 3. The number of halogens is 1. The minimum Gasteiger partial charge on any atom is -0.449 e. The lowest BCUT2D eigenvalue weighted by Crippen LogP contribution is -2.65. The molecule has 32 heavy (non-hydrogen) atoms. The minimum atomic E-state index is -2.32. The molecule has 2 bridgehead atoms. The van der Waals surface area contributed by atoms with Crippen LogP contribution >= 0.6 is 15.9 Å². The van der Waals surface area contributed by atoms with Gasteiger partial charge < -0.3 is 4.12 Å². The molecular weight excluding hydrogens is 494 g/mol. The molecule has 1 aliphatic heterocycles. The fourth-order valence-electron chi connectivity index (χ4n) is 5.27. The molecule has 0 aromatic heterocycles. The Hall–Kier alpha value is -1.48.